The Bertz CT molecular complexity index is 815. The lowest BCUT2D eigenvalue weighted by Crippen LogP contribution is -2.22. The van der Waals surface area contributed by atoms with E-state index in [0.717, 1.165) is 0 Å². The van der Waals surface area contributed by atoms with Crippen LogP contribution in [-0.2, 0) is 4.79 Å². The summed E-state index contributed by atoms with van der Waals surface area (Å²) >= 11 is 0. The Kier molecular flexibility index (Phi) is 6.93. The number of ether oxygens (including phenoxy) is 1. The molecule has 2 N–H and O–H groups in total. The van der Waals surface area contributed by atoms with Crippen LogP contribution in [0.1, 0.15) is 33.6 Å². The zero-order chi connectivity index (χ0) is 19.8. The van der Waals surface area contributed by atoms with Gasteiger partial charge < -0.3 is 20.1 Å². The van der Waals surface area contributed by atoms with E-state index in [1.807, 2.05) is 0 Å². The Morgan fingerprint density at radius 2 is 1.70 bits per heavy atom. The van der Waals surface area contributed by atoms with Gasteiger partial charge in [0.25, 0.3) is 11.8 Å². The van der Waals surface area contributed by atoms with Crippen molar-refractivity contribution in [2.24, 2.45) is 0 Å². The van der Waals surface area contributed by atoms with Gasteiger partial charge in [-0.15, -0.1) is 0 Å². The van der Waals surface area contributed by atoms with Crippen molar-refractivity contribution < 1.29 is 24.2 Å². The van der Waals surface area contributed by atoms with Gasteiger partial charge in [-0.1, -0.05) is 6.07 Å². The summed E-state index contributed by atoms with van der Waals surface area (Å²) in [6.07, 6.45) is 0.485. The second-order valence-electron chi connectivity index (χ2n) is 6.10. The molecule has 7 nitrogen and oxygen atoms in total. The summed E-state index contributed by atoms with van der Waals surface area (Å²) in [5.74, 6) is -0.752. The minimum atomic E-state index is -0.854. The first-order chi connectivity index (χ1) is 12.9. The van der Waals surface area contributed by atoms with Crippen LogP contribution in [0.25, 0.3) is 0 Å². The predicted octanol–water partition coefficient (Wildman–Crippen LogP) is 2.88. The van der Waals surface area contributed by atoms with E-state index < -0.39 is 5.97 Å². The van der Waals surface area contributed by atoms with Crippen LogP contribution in [-0.4, -0.2) is 48.5 Å². The first-order valence-electron chi connectivity index (χ1n) is 8.44. The van der Waals surface area contributed by atoms with Gasteiger partial charge in [0.15, 0.2) is 0 Å². The van der Waals surface area contributed by atoms with Crippen molar-refractivity contribution in [1.29, 1.82) is 0 Å². The van der Waals surface area contributed by atoms with Crippen LogP contribution in [0.3, 0.4) is 0 Å². The molecule has 0 heterocycles. The number of nitrogens with one attached hydrogen (secondary N) is 1. The van der Waals surface area contributed by atoms with Crippen molar-refractivity contribution in [2.45, 2.75) is 12.8 Å². The van der Waals surface area contributed by atoms with E-state index in [2.05, 4.69) is 5.32 Å². The van der Waals surface area contributed by atoms with E-state index in [4.69, 9.17) is 9.84 Å². The van der Waals surface area contributed by atoms with Gasteiger partial charge in [-0.25, -0.2) is 0 Å². The molecule has 0 unspecified atom stereocenters. The zero-order valence-corrected chi connectivity index (χ0v) is 15.3. The van der Waals surface area contributed by atoms with E-state index in [1.165, 1.54) is 4.90 Å². The summed E-state index contributed by atoms with van der Waals surface area (Å²) in [6, 6.07) is 13.3. The van der Waals surface area contributed by atoms with Gasteiger partial charge >= 0.3 is 5.97 Å². The van der Waals surface area contributed by atoms with Crippen LogP contribution in [0.2, 0.25) is 0 Å². The standard InChI is InChI=1S/C20H22N2O5/c1-22(2)20(26)15-6-3-5-14(13-15)19(25)21-16-8-10-17(11-9-16)27-12-4-7-18(23)24/h3,5-6,8-11,13H,4,7,12H2,1-2H3,(H,21,25)(H,23,24). The number of benzene rings is 2. The van der Waals surface area contributed by atoms with Gasteiger partial charge in [0.05, 0.1) is 6.61 Å². The Hall–Kier alpha value is -3.35. The van der Waals surface area contributed by atoms with Crippen LogP contribution in [0.4, 0.5) is 5.69 Å². The van der Waals surface area contributed by atoms with Gasteiger partial charge in [0, 0.05) is 37.3 Å². The molecule has 7 heteroatoms. The third kappa shape index (κ3) is 6.14. The van der Waals surface area contributed by atoms with E-state index in [9.17, 15) is 14.4 Å². The number of aliphatic carboxylic acids is 1. The molecule has 0 fully saturated rings. The summed E-state index contributed by atoms with van der Waals surface area (Å²) in [7, 11) is 3.31. The molecule has 0 bridgehead atoms. The molecule has 0 radical (unpaired) electrons. The molecule has 0 aliphatic rings. The molecule has 2 rings (SSSR count). The van der Waals surface area contributed by atoms with Crippen LogP contribution in [0.5, 0.6) is 5.75 Å². The topological polar surface area (TPSA) is 95.9 Å². The number of rotatable bonds is 8. The van der Waals surface area contributed by atoms with E-state index in [-0.39, 0.29) is 18.2 Å². The van der Waals surface area contributed by atoms with Crippen molar-refractivity contribution in [1.82, 2.24) is 4.90 Å². The minimum Gasteiger partial charge on any atom is -0.494 e. The number of hydrogen-bond acceptors (Lipinski definition) is 4. The second-order valence-corrected chi connectivity index (χ2v) is 6.10. The summed E-state index contributed by atoms with van der Waals surface area (Å²) < 4.78 is 5.45. The summed E-state index contributed by atoms with van der Waals surface area (Å²) in [5.41, 5.74) is 1.41. The van der Waals surface area contributed by atoms with Gasteiger partial charge in [-0.2, -0.15) is 0 Å². The first kappa shape index (κ1) is 20.0. The monoisotopic (exact) mass is 370 g/mol. The maximum atomic E-state index is 12.4. The smallest absolute Gasteiger partial charge is 0.303 e. The minimum absolute atomic E-state index is 0.0591. The highest BCUT2D eigenvalue weighted by Crippen LogP contribution is 2.17. The molecule has 0 atom stereocenters. The number of carboxylic acids is 1. The van der Waals surface area contributed by atoms with Crippen molar-refractivity contribution >= 4 is 23.5 Å². The predicted molar refractivity (Wildman–Crippen MR) is 101 cm³/mol. The number of anilines is 1. The fourth-order valence-electron chi connectivity index (χ4n) is 2.30. The molecule has 0 aliphatic carbocycles. The maximum Gasteiger partial charge on any atom is 0.303 e. The van der Waals surface area contributed by atoms with Crippen molar-refractivity contribution in [3.8, 4) is 5.75 Å². The fourth-order valence-corrected chi connectivity index (χ4v) is 2.30. The quantitative estimate of drug-likeness (QED) is 0.697. The highest BCUT2D eigenvalue weighted by Gasteiger charge is 2.12. The lowest BCUT2D eigenvalue weighted by molar-refractivity contribution is -0.137. The van der Waals surface area contributed by atoms with Crippen LogP contribution in [0.15, 0.2) is 48.5 Å². The third-order valence-electron chi connectivity index (χ3n) is 3.69. The molecule has 0 aromatic heterocycles. The van der Waals surface area contributed by atoms with Crippen molar-refractivity contribution in [3.05, 3.63) is 59.7 Å². The molecule has 2 amide bonds. The Morgan fingerprint density at radius 1 is 1.04 bits per heavy atom. The first-order valence-corrected chi connectivity index (χ1v) is 8.44. The molecule has 2 aromatic carbocycles. The number of hydrogen-bond donors (Lipinski definition) is 2. The van der Waals surface area contributed by atoms with Crippen molar-refractivity contribution in [3.63, 3.8) is 0 Å². The Morgan fingerprint density at radius 3 is 2.33 bits per heavy atom. The number of carbonyl (C=O) groups is 3. The normalized spacial score (nSPS) is 10.1. The molecule has 0 aliphatic heterocycles. The van der Waals surface area contributed by atoms with Gasteiger partial charge in [-0.3, -0.25) is 14.4 Å². The second kappa shape index (κ2) is 9.38. The molecule has 27 heavy (non-hydrogen) atoms. The van der Waals surface area contributed by atoms with Crippen LogP contribution >= 0.6 is 0 Å². The molecule has 2 aromatic rings. The number of carboxylic acid groups (broad SMARTS) is 1. The number of amides is 2. The van der Waals surface area contributed by atoms with Gasteiger partial charge in [0.2, 0.25) is 0 Å². The van der Waals surface area contributed by atoms with Crippen LogP contribution in [0, 0.1) is 0 Å². The SMILES string of the molecule is CN(C)C(=O)c1cccc(C(=O)Nc2ccc(OCCCC(=O)O)cc2)c1. The summed E-state index contributed by atoms with van der Waals surface area (Å²) in [4.78, 5) is 36.3. The molecular formula is C20H22N2O5. The maximum absolute atomic E-state index is 12.4. The molecule has 0 spiro atoms. The third-order valence-corrected chi connectivity index (χ3v) is 3.69. The van der Waals surface area contributed by atoms with E-state index in [0.29, 0.717) is 35.6 Å². The Balaban J connectivity index is 1.95. The molecule has 0 saturated heterocycles. The molecule has 0 saturated carbocycles. The molecular weight excluding hydrogens is 348 g/mol. The molecule has 142 valence electrons. The highest BCUT2D eigenvalue weighted by molar-refractivity contribution is 6.06. The zero-order valence-electron chi connectivity index (χ0n) is 15.3. The van der Waals surface area contributed by atoms with Gasteiger partial charge in [-0.05, 0) is 48.9 Å². The average Bonchev–Trinajstić information content (AvgIpc) is 2.65. The van der Waals surface area contributed by atoms with Crippen molar-refractivity contribution in [2.75, 3.05) is 26.0 Å². The number of nitrogens with zero attached hydrogens (tertiary/aromatic N) is 1. The lowest BCUT2D eigenvalue weighted by Gasteiger charge is -2.11. The van der Waals surface area contributed by atoms with E-state index in [1.54, 1.807) is 62.6 Å². The lowest BCUT2D eigenvalue weighted by atomic mass is 10.1. The van der Waals surface area contributed by atoms with Crippen LogP contribution < -0.4 is 10.1 Å². The van der Waals surface area contributed by atoms with E-state index >= 15 is 0 Å². The fraction of sp³-hybridized carbons (Fsp3) is 0.250. The highest BCUT2D eigenvalue weighted by atomic mass is 16.5. The Labute approximate surface area is 157 Å². The summed E-state index contributed by atoms with van der Waals surface area (Å²) in [6.45, 7) is 0.310. The average molecular weight is 370 g/mol. The number of carbonyl (C=O) groups excluding carboxylic acids is 2. The summed E-state index contributed by atoms with van der Waals surface area (Å²) in [5, 5.41) is 11.3. The largest absolute Gasteiger partial charge is 0.494 e. The van der Waals surface area contributed by atoms with Gasteiger partial charge in [0.1, 0.15) is 5.75 Å².